The van der Waals surface area contributed by atoms with Crippen LogP contribution in [0.4, 0.5) is 13.2 Å². The van der Waals surface area contributed by atoms with E-state index in [1.165, 1.54) is 12.1 Å². The summed E-state index contributed by atoms with van der Waals surface area (Å²) in [6.45, 7) is 11.1. The number of phenols is 1. The van der Waals surface area contributed by atoms with Gasteiger partial charge < -0.3 is 10.8 Å². The molecule has 0 saturated heterocycles. The first kappa shape index (κ1) is 17.8. The van der Waals surface area contributed by atoms with Crippen molar-refractivity contribution >= 4 is 0 Å². The van der Waals surface area contributed by atoms with Gasteiger partial charge in [-0.15, -0.1) is 0 Å². The van der Waals surface area contributed by atoms with Crippen LogP contribution in [0, 0.1) is 0 Å². The first-order valence-electron chi connectivity index (χ1n) is 6.86. The summed E-state index contributed by atoms with van der Waals surface area (Å²) in [5, 5.41) is 10.4. The van der Waals surface area contributed by atoms with Gasteiger partial charge in [-0.05, 0) is 39.7 Å². The van der Waals surface area contributed by atoms with Crippen LogP contribution < -0.4 is 5.73 Å². The second-order valence-electron chi connectivity index (χ2n) is 7.48. The molecule has 0 aliphatic carbocycles. The Hall–Kier alpha value is -1.23. The third kappa shape index (κ3) is 3.90. The molecule has 0 aromatic heterocycles. The maximum absolute atomic E-state index is 12.9. The molecule has 0 unspecified atom stereocenters. The van der Waals surface area contributed by atoms with Gasteiger partial charge in [-0.2, -0.15) is 13.2 Å². The Kier molecular flexibility index (Phi) is 4.41. The molecule has 5 heteroatoms. The lowest BCUT2D eigenvalue weighted by molar-refractivity contribution is -0.149. The smallest absolute Gasteiger partial charge is 0.407 e. The van der Waals surface area contributed by atoms with Crippen LogP contribution in [0.3, 0.4) is 0 Å². The molecule has 0 bridgehead atoms. The van der Waals surface area contributed by atoms with Gasteiger partial charge in [-0.1, -0.05) is 41.5 Å². The summed E-state index contributed by atoms with van der Waals surface area (Å²) in [6.07, 6.45) is -4.51. The normalized spacial score (nSPS) is 15.1. The standard InChI is InChI=1S/C16H24F3NO/c1-14(2,3)10-7-9(13(20)16(17,18)19)8-11(12(10)21)15(4,5)6/h7-8,13,21H,20H2,1-6H3/t13-/m1/s1. The fraction of sp³-hybridized carbons (Fsp3) is 0.625. The van der Waals surface area contributed by atoms with Gasteiger partial charge in [0, 0.05) is 0 Å². The van der Waals surface area contributed by atoms with E-state index in [0.29, 0.717) is 11.1 Å². The molecule has 0 fully saturated rings. The Labute approximate surface area is 124 Å². The third-order valence-electron chi connectivity index (χ3n) is 3.46. The van der Waals surface area contributed by atoms with Crippen LogP contribution in [-0.4, -0.2) is 11.3 Å². The quantitative estimate of drug-likeness (QED) is 0.799. The van der Waals surface area contributed by atoms with Crippen LogP contribution in [0.15, 0.2) is 12.1 Å². The SMILES string of the molecule is CC(C)(C)c1cc([C@@H](N)C(F)(F)F)cc(C(C)(C)C)c1O. The molecule has 0 aliphatic heterocycles. The minimum Gasteiger partial charge on any atom is -0.507 e. The summed E-state index contributed by atoms with van der Waals surface area (Å²) in [4.78, 5) is 0. The molecule has 0 heterocycles. The van der Waals surface area contributed by atoms with Crippen LogP contribution in [-0.2, 0) is 10.8 Å². The van der Waals surface area contributed by atoms with Gasteiger partial charge in [-0.25, -0.2) is 0 Å². The summed E-state index contributed by atoms with van der Waals surface area (Å²) in [5.74, 6) is 0.0492. The number of alkyl halides is 3. The van der Waals surface area contributed by atoms with Gasteiger partial charge >= 0.3 is 6.18 Å². The topological polar surface area (TPSA) is 46.2 Å². The molecule has 21 heavy (non-hydrogen) atoms. The van der Waals surface area contributed by atoms with Crippen LogP contribution in [0.2, 0.25) is 0 Å². The van der Waals surface area contributed by atoms with E-state index in [-0.39, 0.29) is 11.3 Å². The fourth-order valence-corrected chi connectivity index (χ4v) is 2.17. The van der Waals surface area contributed by atoms with E-state index in [4.69, 9.17) is 5.73 Å². The van der Waals surface area contributed by atoms with Gasteiger partial charge in [0.05, 0.1) is 0 Å². The number of phenolic OH excluding ortho intramolecular Hbond substituents is 1. The van der Waals surface area contributed by atoms with Gasteiger partial charge in [0.15, 0.2) is 0 Å². The Morgan fingerprint density at radius 3 is 1.48 bits per heavy atom. The summed E-state index contributed by atoms with van der Waals surface area (Å²) < 4.78 is 38.7. The maximum Gasteiger partial charge on any atom is 0.407 e. The van der Waals surface area contributed by atoms with E-state index in [1.54, 1.807) is 0 Å². The average molecular weight is 303 g/mol. The predicted octanol–water partition coefficient (Wildman–Crippen LogP) is 4.55. The molecule has 120 valence electrons. The minimum absolute atomic E-state index is 0.0184. The van der Waals surface area contributed by atoms with Gasteiger partial charge in [0.1, 0.15) is 11.8 Å². The van der Waals surface area contributed by atoms with Crippen molar-refractivity contribution < 1.29 is 18.3 Å². The molecule has 0 spiro atoms. The second-order valence-corrected chi connectivity index (χ2v) is 7.48. The highest BCUT2D eigenvalue weighted by molar-refractivity contribution is 5.50. The third-order valence-corrected chi connectivity index (χ3v) is 3.46. The molecule has 0 radical (unpaired) electrons. The van der Waals surface area contributed by atoms with Crippen LogP contribution in [0.1, 0.15) is 64.3 Å². The zero-order valence-corrected chi connectivity index (χ0v) is 13.4. The van der Waals surface area contributed by atoms with Crippen molar-refractivity contribution in [2.45, 2.75) is 64.6 Å². The molecule has 0 amide bonds. The zero-order chi connectivity index (χ0) is 16.8. The number of nitrogens with two attached hydrogens (primary N) is 1. The van der Waals surface area contributed by atoms with Crippen molar-refractivity contribution in [3.05, 3.63) is 28.8 Å². The lowest BCUT2D eigenvalue weighted by atomic mass is 9.77. The number of benzene rings is 1. The van der Waals surface area contributed by atoms with Crippen LogP contribution in [0.5, 0.6) is 5.75 Å². The van der Waals surface area contributed by atoms with E-state index in [0.717, 1.165) is 0 Å². The summed E-state index contributed by atoms with van der Waals surface area (Å²) in [5.41, 5.74) is 5.31. The molecule has 0 aliphatic rings. The summed E-state index contributed by atoms with van der Waals surface area (Å²) in [7, 11) is 0. The fourth-order valence-electron chi connectivity index (χ4n) is 2.17. The largest absolute Gasteiger partial charge is 0.507 e. The number of aromatic hydroxyl groups is 1. The van der Waals surface area contributed by atoms with E-state index >= 15 is 0 Å². The highest BCUT2D eigenvalue weighted by Gasteiger charge is 2.39. The van der Waals surface area contributed by atoms with Crippen molar-refractivity contribution in [2.24, 2.45) is 5.73 Å². The minimum atomic E-state index is -4.51. The van der Waals surface area contributed by atoms with E-state index in [1.807, 2.05) is 41.5 Å². The Morgan fingerprint density at radius 1 is 0.905 bits per heavy atom. The molecule has 1 aromatic rings. The van der Waals surface area contributed by atoms with Gasteiger partial charge in [0.2, 0.25) is 0 Å². The Morgan fingerprint density at radius 2 is 1.24 bits per heavy atom. The van der Waals surface area contributed by atoms with Crippen molar-refractivity contribution in [2.75, 3.05) is 0 Å². The highest BCUT2D eigenvalue weighted by atomic mass is 19.4. The number of hydrogen-bond donors (Lipinski definition) is 2. The molecule has 2 nitrogen and oxygen atoms in total. The van der Waals surface area contributed by atoms with Crippen molar-refractivity contribution in [3.63, 3.8) is 0 Å². The highest BCUT2D eigenvalue weighted by Crippen LogP contribution is 2.42. The van der Waals surface area contributed by atoms with Crippen molar-refractivity contribution in [1.82, 2.24) is 0 Å². The van der Waals surface area contributed by atoms with Crippen molar-refractivity contribution in [3.8, 4) is 5.75 Å². The lowest BCUT2D eigenvalue weighted by Gasteiger charge is -2.29. The summed E-state index contributed by atoms with van der Waals surface area (Å²) in [6, 6.07) is 0.672. The first-order valence-corrected chi connectivity index (χ1v) is 6.86. The molecule has 0 saturated carbocycles. The molecule has 1 aromatic carbocycles. The summed E-state index contributed by atoms with van der Waals surface area (Å²) >= 11 is 0. The molecular weight excluding hydrogens is 279 g/mol. The van der Waals surface area contributed by atoms with Gasteiger partial charge in [-0.3, -0.25) is 0 Å². The molecule has 3 N–H and O–H groups in total. The van der Waals surface area contributed by atoms with E-state index < -0.39 is 23.0 Å². The maximum atomic E-state index is 12.9. The zero-order valence-electron chi connectivity index (χ0n) is 13.4. The average Bonchev–Trinajstić information content (AvgIpc) is 2.23. The molecular formula is C16H24F3NO. The Bertz CT molecular complexity index is 487. The lowest BCUT2D eigenvalue weighted by Crippen LogP contribution is -2.29. The number of rotatable bonds is 1. The van der Waals surface area contributed by atoms with Crippen LogP contribution >= 0.6 is 0 Å². The monoisotopic (exact) mass is 303 g/mol. The second kappa shape index (κ2) is 5.20. The molecule has 1 rings (SSSR count). The first-order chi connectivity index (χ1) is 9.15. The predicted molar refractivity (Wildman–Crippen MR) is 78.5 cm³/mol. The van der Waals surface area contributed by atoms with Crippen LogP contribution in [0.25, 0.3) is 0 Å². The van der Waals surface area contributed by atoms with E-state index in [9.17, 15) is 18.3 Å². The molecule has 1 atom stereocenters. The number of hydrogen-bond acceptors (Lipinski definition) is 2. The number of halogens is 3. The van der Waals surface area contributed by atoms with Crippen molar-refractivity contribution in [1.29, 1.82) is 0 Å². The Balaban J connectivity index is 3.63. The van der Waals surface area contributed by atoms with E-state index in [2.05, 4.69) is 0 Å². The van der Waals surface area contributed by atoms with Gasteiger partial charge in [0.25, 0.3) is 0 Å².